The predicted molar refractivity (Wildman–Crippen MR) is 157 cm³/mol. The van der Waals surface area contributed by atoms with Crippen LogP contribution in [0.15, 0.2) is 0 Å². The molecule has 0 radical (unpaired) electrons. The highest BCUT2D eigenvalue weighted by Crippen LogP contribution is 2.31. The van der Waals surface area contributed by atoms with E-state index in [2.05, 4.69) is 123 Å². The Morgan fingerprint density at radius 3 is 1.66 bits per heavy atom. The summed E-state index contributed by atoms with van der Waals surface area (Å²) in [5.41, 5.74) is 5.15. The summed E-state index contributed by atoms with van der Waals surface area (Å²) in [6, 6.07) is 2.53. The summed E-state index contributed by atoms with van der Waals surface area (Å²) in [4.78, 5) is 5.18. The normalized spacial score (nSPS) is 25.5. The maximum atomic E-state index is 4.49. The van der Waals surface area contributed by atoms with E-state index in [0.717, 1.165) is 25.9 Å². The molecular formula is C30H56N8. The maximum Gasteiger partial charge on any atom is 0.0902 e. The van der Waals surface area contributed by atoms with Gasteiger partial charge in [-0.25, -0.2) is 9.36 Å². The van der Waals surface area contributed by atoms with Crippen LogP contribution in [0, 0.1) is 5.92 Å². The van der Waals surface area contributed by atoms with E-state index in [1.807, 2.05) is 0 Å². The Labute approximate surface area is 232 Å². The van der Waals surface area contributed by atoms with Crippen LogP contribution in [0.5, 0.6) is 0 Å². The minimum absolute atomic E-state index is 0.394. The van der Waals surface area contributed by atoms with Crippen molar-refractivity contribution in [1.29, 1.82) is 0 Å². The lowest BCUT2D eigenvalue weighted by Crippen LogP contribution is -2.43. The van der Waals surface area contributed by atoms with E-state index >= 15 is 0 Å². The highest BCUT2D eigenvalue weighted by atomic mass is 15.4. The SMILES string of the molecule is CC1CN(C(C)C)CCc2c(nnn2C(C)C)C1C.CC1c2nnn(C(C)C)c2CCCN(C(C)C)C1C. The fourth-order valence-electron chi connectivity index (χ4n) is 6.16. The molecule has 2 aliphatic rings. The highest BCUT2D eigenvalue weighted by molar-refractivity contribution is 5.19. The average molecular weight is 529 g/mol. The average Bonchev–Trinajstić information content (AvgIpc) is 3.45. The van der Waals surface area contributed by atoms with E-state index in [4.69, 9.17) is 0 Å². The number of nitrogens with zero attached hydrogens (tertiary/aromatic N) is 8. The molecule has 0 aromatic carbocycles. The zero-order valence-corrected chi connectivity index (χ0v) is 26.4. The summed E-state index contributed by atoms with van der Waals surface area (Å²) in [6.45, 7) is 30.6. The first-order chi connectivity index (χ1) is 17.8. The Bertz CT molecular complexity index is 1000. The first-order valence-corrected chi connectivity index (χ1v) is 15.2. The zero-order chi connectivity index (χ0) is 28.3. The van der Waals surface area contributed by atoms with Crippen molar-refractivity contribution in [3.63, 3.8) is 0 Å². The molecule has 4 heterocycles. The summed E-state index contributed by atoms with van der Waals surface area (Å²) in [5.74, 6) is 1.56. The molecule has 0 saturated carbocycles. The molecule has 0 aliphatic carbocycles. The third kappa shape index (κ3) is 6.67. The van der Waals surface area contributed by atoms with Gasteiger partial charge in [-0.2, -0.15) is 0 Å². The number of rotatable bonds is 4. The fraction of sp³-hybridized carbons (Fsp3) is 0.867. The van der Waals surface area contributed by atoms with Crippen LogP contribution in [-0.2, 0) is 12.8 Å². The van der Waals surface area contributed by atoms with Crippen LogP contribution in [-0.4, -0.2) is 77.5 Å². The van der Waals surface area contributed by atoms with Gasteiger partial charge in [0.15, 0.2) is 0 Å². The molecular weight excluding hydrogens is 472 g/mol. The van der Waals surface area contributed by atoms with Crippen molar-refractivity contribution in [1.82, 2.24) is 39.8 Å². The highest BCUT2D eigenvalue weighted by Gasteiger charge is 2.31. The van der Waals surface area contributed by atoms with E-state index in [9.17, 15) is 0 Å². The van der Waals surface area contributed by atoms with Gasteiger partial charge in [0.05, 0.1) is 22.8 Å². The predicted octanol–water partition coefficient (Wildman–Crippen LogP) is 5.87. The molecule has 216 valence electrons. The van der Waals surface area contributed by atoms with E-state index < -0.39 is 0 Å². The largest absolute Gasteiger partial charge is 0.300 e. The second-order valence-electron chi connectivity index (χ2n) is 13.0. The standard InChI is InChI=1S/2C15H28N4/c1-10(2)18-8-7-14-15(13(6)12(5)9-18)16-17-19(14)11(3)4;1-10(2)18-9-7-8-14-15(12(5)13(18)6)16-17-19(14)11(3)4/h2*10-13H,7-9H2,1-6H3. The van der Waals surface area contributed by atoms with Gasteiger partial charge < -0.3 is 4.90 Å². The van der Waals surface area contributed by atoms with Crippen molar-refractivity contribution in [2.24, 2.45) is 5.92 Å². The Morgan fingerprint density at radius 2 is 1.16 bits per heavy atom. The molecule has 0 saturated heterocycles. The number of hydrogen-bond acceptors (Lipinski definition) is 6. The summed E-state index contributed by atoms with van der Waals surface area (Å²) >= 11 is 0. The minimum atomic E-state index is 0.394. The molecule has 8 heteroatoms. The van der Waals surface area contributed by atoms with E-state index in [1.165, 1.54) is 35.7 Å². The smallest absolute Gasteiger partial charge is 0.0902 e. The molecule has 2 aromatic rings. The number of aromatic nitrogens is 6. The van der Waals surface area contributed by atoms with Crippen LogP contribution < -0.4 is 0 Å². The first-order valence-electron chi connectivity index (χ1n) is 15.2. The quantitative estimate of drug-likeness (QED) is 0.494. The molecule has 0 spiro atoms. The van der Waals surface area contributed by atoms with Crippen LogP contribution in [0.4, 0.5) is 0 Å². The molecule has 0 fully saturated rings. The van der Waals surface area contributed by atoms with Gasteiger partial charge in [0.2, 0.25) is 0 Å². The topological polar surface area (TPSA) is 67.9 Å². The lowest BCUT2D eigenvalue weighted by atomic mass is 9.88. The molecule has 4 unspecified atom stereocenters. The van der Waals surface area contributed by atoms with Crippen molar-refractivity contribution >= 4 is 0 Å². The molecule has 8 nitrogen and oxygen atoms in total. The number of fused-ring (bicyclic) bond motifs is 2. The Balaban J connectivity index is 0.000000211. The van der Waals surface area contributed by atoms with E-state index in [-0.39, 0.29) is 0 Å². The Hall–Kier alpha value is -1.80. The van der Waals surface area contributed by atoms with E-state index in [1.54, 1.807) is 0 Å². The van der Waals surface area contributed by atoms with Gasteiger partial charge in [0, 0.05) is 61.6 Å². The molecule has 0 bridgehead atoms. The zero-order valence-electron chi connectivity index (χ0n) is 26.4. The second kappa shape index (κ2) is 13.0. The fourth-order valence-corrected chi connectivity index (χ4v) is 6.16. The Kier molecular flexibility index (Phi) is 10.5. The maximum absolute atomic E-state index is 4.49. The third-order valence-corrected chi connectivity index (χ3v) is 8.97. The lowest BCUT2D eigenvalue weighted by Gasteiger charge is -2.37. The van der Waals surface area contributed by atoms with Crippen LogP contribution in [0.25, 0.3) is 0 Å². The van der Waals surface area contributed by atoms with Gasteiger partial charge >= 0.3 is 0 Å². The molecule has 4 rings (SSSR count). The van der Waals surface area contributed by atoms with E-state index in [0.29, 0.717) is 48.0 Å². The van der Waals surface area contributed by atoms with Gasteiger partial charge in [-0.15, -0.1) is 10.2 Å². The Morgan fingerprint density at radius 1 is 0.632 bits per heavy atom. The van der Waals surface area contributed by atoms with Gasteiger partial charge in [-0.3, -0.25) is 4.90 Å². The lowest BCUT2D eigenvalue weighted by molar-refractivity contribution is 0.139. The van der Waals surface area contributed by atoms with Crippen molar-refractivity contribution in [3.8, 4) is 0 Å². The van der Waals surface area contributed by atoms with Crippen LogP contribution in [0.3, 0.4) is 0 Å². The molecule has 2 aromatic heterocycles. The summed E-state index contributed by atoms with van der Waals surface area (Å²) in [6.07, 6.45) is 3.36. The first kappa shape index (κ1) is 30.7. The number of hydrogen-bond donors (Lipinski definition) is 0. The van der Waals surface area contributed by atoms with Gasteiger partial charge in [0.1, 0.15) is 0 Å². The van der Waals surface area contributed by atoms with Crippen molar-refractivity contribution in [3.05, 3.63) is 22.8 Å². The minimum Gasteiger partial charge on any atom is -0.300 e. The third-order valence-electron chi connectivity index (χ3n) is 8.97. The van der Waals surface area contributed by atoms with Crippen molar-refractivity contribution in [2.75, 3.05) is 19.6 Å². The van der Waals surface area contributed by atoms with Crippen LogP contribution in [0.2, 0.25) is 0 Å². The molecule has 4 atom stereocenters. The second-order valence-corrected chi connectivity index (χ2v) is 13.0. The molecule has 0 N–H and O–H groups in total. The van der Waals surface area contributed by atoms with Crippen LogP contribution in [0.1, 0.15) is 136 Å². The monoisotopic (exact) mass is 528 g/mol. The molecule has 38 heavy (non-hydrogen) atoms. The van der Waals surface area contributed by atoms with Gasteiger partial charge in [0.25, 0.3) is 0 Å². The summed E-state index contributed by atoms with van der Waals surface area (Å²) in [5, 5.41) is 17.7. The molecule has 2 aliphatic heterocycles. The van der Waals surface area contributed by atoms with Gasteiger partial charge in [-0.1, -0.05) is 31.2 Å². The molecule has 0 amide bonds. The van der Waals surface area contributed by atoms with Crippen molar-refractivity contribution < 1.29 is 0 Å². The summed E-state index contributed by atoms with van der Waals surface area (Å²) in [7, 11) is 0. The van der Waals surface area contributed by atoms with Crippen molar-refractivity contribution in [2.45, 2.75) is 144 Å². The summed E-state index contributed by atoms with van der Waals surface area (Å²) < 4.78 is 4.23. The van der Waals surface area contributed by atoms with Crippen LogP contribution >= 0.6 is 0 Å². The van der Waals surface area contributed by atoms with Gasteiger partial charge in [-0.05, 0) is 87.6 Å².